The van der Waals surface area contributed by atoms with Crippen molar-refractivity contribution >= 4 is 62.6 Å². The van der Waals surface area contributed by atoms with Crippen molar-refractivity contribution in [2.24, 2.45) is 7.05 Å². The van der Waals surface area contributed by atoms with E-state index in [-0.39, 0.29) is 24.2 Å². The molecule has 0 saturated heterocycles. The van der Waals surface area contributed by atoms with Crippen LogP contribution in [0.15, 0.2) is 60.8 Å². The predicted molar refractivity (Wildman–Crippen MR) is 231 cm³/mol. The first kappa shape index (κ1) is 39.3. The molecule has 298 valence electrons. The van der Waals surface area contributed by atoms with Crippen molar-refractivity contribution in [3.05, 3.63) is 127 Å². The maximum absolute atomic E-state index is 15.5. The first-order valence-electron chi connectivity index (χ1n) is 19.5. The van der Waals surface area contributed by atoms with Gasteiger partial charge in [-0.1, -0.05) is 29.3 Å². The highest BCUT2D eigenvalue weighted by Crippen LogP contribution is 2.46. The van der Waals surface area contributed by atoms with Crippen LogP contribution in [0.25, 0.3) is 32.9 Å². The molecule has 3 aromatic carbocycles. The molecular weight excluding hydrogens is 771 g/mol. The summed E-state index contributed by atoms with van der Waals surface area (Å²) in [6, 6.07) is 17.2. The Morgan fingerprint density at radius 2 is 1.67 bits per heavy atom. The number of pyridine rings is 1. The minimum absolute atomic E-state index is 0.130. The van der Waals surface area contributed by atoms with E-state index >= 15 is 4.79 Å². The molecule has 0 spiro atoms. The van der Waals surface area contributed by atoms with Crippen LogP contribution in [0, 0.1) is 41.5 Å². The molecule has 0 radical (unpaired) electrons. The van der Waals surface area contributed by atoms with Crippen molar-refractivity contribution in [2.75, 3.05) is 18.1 Å². The van der Waals surface area contributed by atoms with Crippen LogP contribution >= 0.6 is 23.2 Å². The number of amides is 1. The smallest absolute Gasteiger partial charge is 0.352 e. The van der Waals surface area contributed by atoms with E-state index < -0.39 is 5.97 Å². The van der Waals surface area contributed by atoms with E-state index in [1.54, 1.807) is 16.8 Å². The van der Waals surface area contributed by atoms with Crippen molar-refractivity contribution in [1.82, 2.24) is 23.9 Å². The third-order valence-electron chi connectivity index (χ3n) is 11.5. The number of nitrogens with zero attached hydrogens (tertiary/aromatic N) is 6. The fourth-order valence-electron chi connectivity index (χ4n) is 8.87. The first-order valence-corrected chi connectivity index (χ1v) is 20.3. The Kier molecular flexibility index (Phi) is 10.1. The van der Waals surface area contributed by atoms with Crippen molar-refractivity contribution in [3.8, 4) is 16.9 Å². The third-order valence-corrected chi connectivity index (χ3v) is 12.4. The van der Waals surface area contributed by atoms with Crippen molar-refractivity contribution in [3.63, 3.8) is 0 Å². The van der Waals surface area contributed by atoms with E-state index in [2.05, 4.69) is 16.5 Å². The second-order valence-corrected chi connectivity index (χ2v) is 16.5. The summed E-state index contributed by atoms with van der Waals surface area (Å²) in [5, 5.41) is 18.2. The van der Waals surface area contributed by atoms with Gasteiger partial charge in [-0.3, -0.25) is 14.5 Å². The van der Waals surface area contributed by atoms with E-state index in [1.165, 1.54) is 0 Å². The highest BCUT2D eigenvalue weighted by Gasteiger charge is 2.38. The van der Waals surface area contributed by atoms with Crippen LogP contribution in [0.3, 0.4) is 0 Å². The quantitative estimate of drug-likeness (QED) is 0.138. The Morgan fingerprint density at radius 1 is 0.931 bits per heavy atom. The summed E-state index contributed by atoms with van der Waals surface area (Å²) >= 11 is 13.6. The SMILES string of the molecule is Cc1ccnc(Cn2c(C(=O)O)cc3cc(C)cc(N4C[C@@H](C)n5c(c(CCCOc6cc(C)c(Cl)c(C)c6)c6ccc(Cl)c(-c7c(C)nn(C)c7C)c65)C4=O)c32)c1. The lowest BCUT2D eigenvalue weighted by molar-refractivity contribution is 0.0686. The number of hydrogen-bond donors (Lipinski definition) is 1. The van der Waals surface area contributed by atoms with Crippen LogP contribution in [0.2, 0.25) is 10.0 Å². The van der Waals surface area contributed by atoms with Crippen LogP contribution in [-0.4, -0.2) is 54.0 Å². The molecule has 10 nitrogen and oxygen atoms in total. The average Bonchev–Trinajstić information content (AvgIpc) is 3.78. The molecule has 7 aromatic rings. The lowest BCUT2D eigenvalue weighted by atomic mass is 9.98. The number of carbonyl (C=O) groups is 2. The van der Waals surface area contributed by atoms with Crippen LogP contribution in [0.4, 0.5) is 5.69 Å². The van der Waals surface area contributed by atoms with E-state index in [4.69, 9.17) is 33.0 Å². The summed E-state index contributed by atoms with van der Waals surface area (Å²) in [6.45, 7) is 15.0. The van der Waals surface area contributed by atoms with E-state index in [0.29, 0.717) is 47.9 Å². The molecule has 5 heterocycles. The molecule has 1 aliphatic heterocycles. The van der Waals surface area contributed by atoms with Crippen molar-refractivity contribution in [2.45, 2.75) is 73.9 Å². The van der Waals surface area contributed by atoms with Gasteiger partial charge in [-0.25, -0.2) is 4.79 Å². The molecule has 12 heteroatoms. The molecule has 58 heavy (non-hydrogen) atoms. The number of aromatic carboxylic acids is 1. The number of ether oxygens (including phenoxy) is 1. The van der Waals surface area contributed by atoms with Gasteiger partial charge in [-0.05, 0) is 138 Å². The van der Waals surface area contributed by atoms with Gasteiger partial charge >= 0.3 is 5.97 Å². The molecule has 1 aliphatic rings. The maximum atomic E-state index is 15.5. The molecule has 1 atom stereocenters. The summed E-state index contributed by atoms with van der Waals surface area (Å²) in [5.74, 6) is -0.463. The number of carboxylic acid groups (broad SMARTS) is 1. The van der Waals surface area contributed by atoms with Crippen LogP contribution in [0.5, 0.6) is 5.75 Å². The summed E-state index contributed by atoms with van der Waals surface area (Å²) in [4.78, 5) is 34.6. The second-order valence-electron chi connectivity index (χ2n) is 15.7. The Bertz CT molecular complexity index is 2810. The Balaban J connectivity index is 1.30. The molecule has 0 fully saturated rings. The van der Waals surface area contributed by atoms with Gasteiger partial charge in [0.15, 0.2) is 0 Å². The normalized spacial score (nSPS) is 14.2. The second kappa shape index (κ2) is 15.0. The van der Waals surface area contributed by atoms with Gasteiger partial charge in [0.1, 0.15) is 17.1 Å². The number of hydrogen-bond acceptors (Lipinski definition) is 5. The van der Waals surface area contributed by atoms with E-state index in [1.807, 2.05) is 107 Å². The average molecular weight is 818 g/mol. The number of halogens is 2. The van der Waals surface area contributed by atoms with Gasteiger partial charge in [0.05, 0.1) is 46.3 Å². The number of rotatable bonds is 10. The molecule has 8 rings (SSSR count). The molecule has 0 unspecified atom stereocenters. The van der Waals surface area contributed by atoms with Gasteiger partial charge in [-0.2, -0.15) is 5.10 Å². The largest absolute Gasteiger partial charge is 0.494 e. The fraction of sp³-hybridized carbons (Fsp3) is 0.304. The van der Waals surface area contributed by atoms with Crippen molar-refractivity contribution in [1.29, 1.82) is 0 Å². The first-order chi connectivity index (χ1) is 27.6. The Labute approximate surface area is 347 Å². The number of aryl methyl sites for hydroxylation is 7. The summed E-state index contributed by atoms with van der Waals surface area (Å²) in [7, 11) is 1.93. The minimum Gasteiger partial charge on any atom is -0.494 e. The van der Waals surface area contributed by atoms with Crippen LogP contribution < -0.4 is 9.64 Å². The zero-order valence-electron chi connectivity index (χ0n) is 34.0. The zero-order valence-corrected chi connectivity index (χ0v) is 35.5. The minimum atomic E-state index is -1.05. The van der Waals surface area contributed by atoms with E-state index in [9.17, 15) is 9.90 Å². The number of benzene rings is 3. The molecule has 0 bridgehead atoms. The molecule has 1 N–H and O–H groups in total. The van der Waals surface area contributed by atoms with Crippen molar-refractivity contribution < 1.29 is 19.4 Å². The van der Waals surface area contributed by atoms with Gasteiger partial charge in [-0.15, -0.1) is 0 Å². The van der Waals surface area contributed by atoms with Crippen LogP contribution in [-0.2, 0) is 20.0 Å². The molecule has 1 amide bonds. The summed E-state index contributed by atoms with van der Waals surface area (Å²) in [6.07, 6.45) is 2.93. The monoisotopic (exact) mass is 816 g/mol. The zero-order chi connectivity index (χ0) is 41.3. The van der Waals surface area contributed by atoms with Gasteiger partial charge in [0.2, 0.25) is 0 Å². The highest BCUT2D eigenvalue weighted by molar-refractivity contribution is 6.35. The number of carboxylic acids is 1. The van der Waals surface area contributed by atoms with Gasteiger partial charge < -0.3 is 23.9 Å². The number of carbonyl (C=O) groups excluding carboxylic acids is 1. The molecule has 4 aromatic heterocycles. The predicted octanol–water partition coefficient (Wildman–Crippen LogP) is 10.5. The highest BCUT2D eigenvalue weighted by atomic mass is 35.5. The Hall–Kier alpha value is -5.58. The lowest BCUT2D eigenvalue weighted by Crippen LogP contribution is -2.43. The number of anilines is 1. The van der Waals surface area contributed by atoms with Gasteiger partial charge in [0, 0.05) is 58.4 Å². The topological polar surface area (TPSA) is 107 Å². The number of fused-ring (bicyclic) bond motifs is 4. The standard InChI is InChI=1S/C46H46Cl2N6O4/c1-24-13-14-49-32(17-24)23-52-38(46(56)57)21-31-16-25(2)18-37(42(31)52)53-22-28(5)54-43-35(11-12-36(47)40(43)39-29(6)50-51(8)30(39)7)34(44(54)45(53)55)10-9-15-58-33-19-26(3)41(48)27(4)20-33/h11-14,16-21,28H,9-10,15,22-23H2,1-8H3,(H,56,57)/t28-/m1/s1. The molecule has 0 aliphatic carbocycles. The number of aromatic nitrogens is 5. The lowest BCUT2D eigenvalue weighted by Gasteiger charge is -2.35. The van der Waals surface area contributed by atoms with Crippen LogP contribution in [0.1, 0.15) is 85.3 Å². The maximum Gasteiger partial charge on any atom is 0.352 e. The Morgan fingerprint density at radius 3 is 2.34 bits per heavy atom. The fourth-order valence-corrected chi connectivity index (χ4v) is 9.22. The molecular formula is C46H46Cl2N6O4. The third kappa shape index (κ3) is 6.62. The van der Waals surface area contributed by atoms with E-state index in [0.717, 1.165) is 83.1 Å². The summed E-state index contributed by atoms with van der Waals surface area (Å²) in [5.41, 5.74) is 12.1. The summed E-state index contributed by atoms with van der Waals surface area (Å²) < 4.78 is 12.1. The molecule has 0 saturated carbocycles. The van der Waals surface area contributed by atoms with Gasteiger partial charge in [0.25, 0.3) is 5.91 Å².